The van der Waals surface area contributed by atoms with Gasteiger partial charge < -0.3 is 4.90 Å². The summed E-state index contributed by atoms with van der Waals surface area (Å²) in [6, 6.07) is 6.03. The van der Waals surface area contributed by atoms with Crippen molar-refractivity contribution in [2.75, 3.05) is 33.2 Å². The molecule has 0 spiro atoms. The lowest BCUT2D eigenvalue weighted by atomic mass is 10.1. The van der Waals surface area contributed by atoms with E-state index in [-0.39, 0.29) is 11.6 Å². The standard InChI is InChI=1S/C21H31BrN4O/c1-4-7-19(25-12-6-11-24(3)13-14-25)20-23-18-9-8-16(22)15-17(18)21(27)26(20)10-5-2/h8-9,15,19H,4-7,10-14H2,1-3H3. The molecule has 0 saturated carbocycles. The van der Waals surface area contributed by atoms with Crippen LogP contribution in [-0.4, -0.2) is 52.6 Å². The number of nitrogens with zero attached hydrogens (tertiary/aromatic N) is 4. The monoisotopic (exact) mass is 434 g/mol. The Morgan fingerprint density at radius 3 is 2.70 bits per heavy atom. The fourth-order valence-electron chi connectivity index (χ4n) is 4.03. The molecular weight excluding hydrogens is 404 g/mol. The van der Waals surface area contributed by atoms with Crippen molar-refractivity contribution in [1.29, 1.82) is 0 Å². The minimum absolute atomic E-state index is 0.0891. The largest absolute Gasteiger partial charge is 0.305 e. The van der Waals surface area contributed by atoms with Gasteiger partial charge in [0.05, 0.1) is 16.9 Å². The average molecular weight is 435 g/mol. The summed E-state index contributed by atoms with van der Waals surface area (Å²) in [5, 5.41) is 0.701. The highest BCUT2D eigenvalue weighted by Gasteiger charge is 2.26. The van der Waals surface area contributed by atoms with Crippen LogP contribution in [0.1, 0.15) is 51.4 Å². The topological polar surface area (TPSA) is 41.4 Å². The Morgan fingerprint density at radius 2 is 1.96 bits per heavy atom. The predicted octanol–water partition coefficient (Wildman–Crippen LogP) is 4.05. The molecule has 0 amide bonds. The van der Waals surface area contributed by atoms with Crippen LogP contribution in [-0.2, 0) is 6.54 Å². The van der Waals surface area contributed by atoms with E-state index in [1.807, 2.05) is 22.8 Å². The SMILES string of the molecule is CCCC(c1nc2ccc(Br)cc2c(=O)n1CCC)N1CCCN(C)CC1. The molecule has 1 aromatic heterocycles. The molecule has 1 aliphatic rings. The van der Waals surface area contributed by atoms with Crippen LogP contribution in [0, 0.1) is 0 Å². The molecule has 6 heteroatoms. The number of likely N-dealkylation sites (N-methyl/N-ethyl adjacent to an activating group) is 1. The van der Waals surface area contributed by atoms with Gasteiger partial charge in [-0.3, -0.25) is 14.3 Å². The van der Waals surface area contributed by atoms with Crippen LogP contribution in [0.2, 0.25) is 0 Å². The minimum atomic E-state index is 0.0891. The summed E-state index contributed by atoms with van der Waals surface area (Å²) in [4.78, 5) is 23.2. The highest BCUT2D eigenvalue weighted by molar-refractivity contribution is 9.10. The van der Waals surface area contributed by atoms with Crippen molar-refractivity contribution in [2.45, 2.75) is 52.1 Å². The molecule has 2 heterocycles. The maximum Gasteiger partial charge on any atom is 0.261 e. The van der Waals surface area contributed by atoms with E-state index in [1.165, 1.54) is 0 Å². The third-order valence-electron chi connectivity index (χ3n) is 5.45. The van der Waals surface area contributed by atoms with Crippen molar-refractivity contribution in [1.82, 2.24) is 19.4 Å². The molecule has 0 aliphatic carbocycles. The first-order valence-corrected chi connectivity index (χ1v) is 11.0. The molecule has 0 bridgehead atoms. The van der Waals surface area contributed by atoms with E-state index in [4.69, 9.17) is 4.98 Å². The molecular formula is C21H31BrN4O. The van der Waals surface area contributed by atoms with Gasteiger partial charge in [0.25, 0.3) is 5.56 Å². The van der Waals surface area contributed by atoms with Crippen LogP contribution in [0.4, 0.5) is 0 Å². The summed E-state index contributed by atoms with van der Waals surface area (Å²) in [5.41, 5.74) is 0.893. The molecule has 1 fully saturated rings. The average Bonchev–Trinajstić information content (AvgIpc) is 2.87. The van der Waals surface area contributed by atoms with Crippen molar-refractivity contribution in [3.8, 4) is 0 Å². The summed E-state index contributed by atoms with van der Waals surface area (Å²) >= 11 is 3.49. The van der Waals surface area contributed by atoms with Gasteiger partial charge >= 0.3 is 0 Å². The second kappa shape index (κ2) is 9.30. The van der Waals surface area contributed by atoms with E-state index in [0.29, 0.717) is 5.39 Å². The Kier molecular flexibility index (Phi) is 7.06. The quantitative estimate of drug-likeness (QED) is 0.687. The highest BCUT2D eigenvalue weighted by Crippen LogP contribution is 2.27. The van der Waals surface area contributed by atoms with E-state index in [0.717, 1.165) is 74.2 Å². The van der Waals surface area contributed by atoms with Gasteiger partial charge in [-0.2, -0.15) is 0 Å². The van der Waals surface area contributed by atoms with Crippen molar-refractivity contribution in [2.24, 2.45) is 0 Å². The van der Waals surface area contributed by atoms with Crippen molar-refractivity contribution in [3.63, 3.8) is 0 Å². The van der Waals surface area contributed by atoms with Crippen molar-refractivity contribution in [3.05, 3.63) is 38.9 Å². The zero-order valence-electron chi connectivity index (χ0n) is 16.7. The molecule has 2 aromatic rings. The lowest BCUT2D eigenvalue weighted by Gasteiger charge is -2.31. The van der Waals surface area contributed by atoms with E-state index >= 15 is 0 Å². The lowest BCUT2D eigenvalue weighted by Crippen LogP contribution is -2.37. The molecule has 5 nitrogen and oxygen atoms in total. The molecule has 3 rings (SSSR count). The normalized spacial score (nSPS) is 17.9. The number of rotatable bonds is 6. The van der Waals surface area contributed by atoms with E-state index in [1.54, 1.807) is 0 Å². The molecule has 1 unspecified atom stereocenters. The number of benzene rings is 1. The minimum Gasteiger partial charge on any atom is -0.305 e. The van der Waals surface area contributed by atoms with Gasteiger partial charge in [0, 0.05) is 30.7 Å². The molecule has 27 heavy (non-hydrogen) atoms. The second-order valence-electron chi connectivity index (χ2n) is 7.59. The molecule has 1 atom stereocenters. The Balaban J connectivity index is 2.11. The maximum absolute atomic E-state index is 13.3. The van der Waals surface area contributed by atoms with Gasteiger partial charge in [0.1, 0.15) is 5.82 Å². The van der Waals surface area contributed by atoms with Gasteiger partial charge in [0.15, 0.2) is 0 Å². The van der Waals surface area contributed by atoms with Gasteiger partial charge in [-0.05, 0) is 51.1 Å². The Hall–Kier alpha value is -1.24. The zero-order valence-corrected chi connectivity index (χ0v) is 18.3. The third-order valence-corrected chi connectivity index (χ3v) is 5.94. The van der Waals surface area contributed by atoms with E-state index in [2.05, 4.69) is 46.6 Å². The summed E-state index contributed by atoms with van der Waals surface area (Å²) < 4.78 is 2.86. The van der Waals surface area contributed by atoms with Crippen LogP contribution in [0.15, 0.2) is 27.5 Å². The van der Waals surface area contributed by atoms with Crippen LogP contribution in [0.3, 0.4) is 0 Å². The van der Waals surface area contributed by atoms with Crippen LogP contribution < -0.4 is 5.56 Å². The summed E-state index contributed by atoms with van der Waals surface area (Å²) in [7, 11) is 2.19. The van der Waals surface area contributed by atoms with Crippen LogP contribution >= 0.6 is 15.9 Å². The maximum atomic E-state index is 13.3. The first-order valence-electron chi connectivity index (χ1n) is 10.2. The molecule has 0 N–H and O–H groups in total. The Bertz CT molecular complexity index is 835. The number of hydrogen-bond acceptors (Lipinski definition) is 4. The fraction of sp³-hybridized carbons (Fsp3) is 0.619. The molecule has 0 radical (unpaired) electrons. The van der Waals surface area contributed by atoms with Crippen LogP contribution in [0.25, 0.3) is 10.9 Å². The van der Waals surface area contributed by atoms with Crippen LogP contribution in [0.5, 0.6) is 0 Å². The summed E-state index contributed by atoms with van der Waals surface area (Å²) in [6.07, 6.45) is 4.20. The smallest absolute Gasteiger partial charge is 0.261 e. The highest BCUT2D eigenvalue weighted by atomic mass is 79.9. The second-order valence-corrected chi connectivity index (χ2v) is 8.50. The molecule has 148 valence electrons. The van der Waals surface area contributed by atoms with E-state index in [9.17, 15) is 4.79 Å². The first kappa shape index (κ1) is 20.5. The van der Waals surface area contributed by atoms with Crippen molar-refractivity contribution >= 4 is 26.8 Å². The summed E-state index contributed by atoms with van der Waals surface area (Å²) in [5.74, 6) is 0.947. The van der Waals surface area contributed by atoms with Gasteiger partial charge in [0.2, 0.25) is 0 Å². The zero-order chi connectivity index (χ0) is 19.4. The third kappa shape index (κ3) is 4.61. The fourth-order valence-corrected chi connectivity index (χ4v) is 4.39. The number of hydrogen-bond donors (Lipinski definition) is 0. The molecule has 1 aliphatic heterocycles. The Morgan fingerprint density at radius 1 is 1.15 bits per heavy atom. The number of fused-ring (bicyclic) bond motifs is 1. The predicted molar refractivity (Wildman–Crippen MR) is 115 cm³/mol. The molecule has 1 aromatic carbocycles. The summed E-state index contributed by atoms with van der Waals surface area (Å²) in [6.45, 7) is 9.36. The Labute approximate surface area is 170 Å². The first-order chi connectivity index (χ1) is 13.0. The number of halogens is 1. The number of aromatic nitrogens is 2. The van der Waals surface area contributed by atoms with E-state index < -0.39 is 0 Å². The van der Waals surface area contributed by atoms with Gasteiger partial charge in [-0.25, -0.2) is 4.98 Å². The van der Waals surface area contributed by atoms with Gasteiger partial charge in [-0.1, -0.05) is 36.2 Å². The van der Waals surface area contributed by atoms with Crippen molar-refractivity contribution < 1.29 is 0 Å². The van der Waals surface area contributed by atoms with Gasteiger partial charge in [-0.15, -0.1) is 0 Å². The molecule has 1 saturated heterocycles. The lowest BCUT2D eigenvalue weighted by molar-refractivity contribution is 0.179.